The highest BCUT2D eigenvalue weighted by Gasteiger charge is 2.22. The molecule has 90 valence electrons. The van der Waals surface area contributed by atoms with E-state index in [0.29, 0.717) is 12.0 Å². The molecule has 1 heterocycles. The molecule has 0 saturated heterocycles. The van der Waals surface area contributed by atoms with Gasteiger partial charge in [0, 0.05) is 17.5 Å². The molecule has 1 aromatic rings. The van der Waals surface area contributed by atoms with E-state index < -0.39 is 0 Å². The summed E-state index contributed by atoms with van der Waals surface area (Å²) in [5, 5.41) is 15.1. The molecule has 1 fully saturated rings. The molecule has 0 radical (unpaired) electrons. The van der Waals surface area contributed by atoms with Crippen LogP contribution in [0.25, 0.3) is 0 Å². The Bertz CT molecular complexity index is 280. The first-order chi connectivity index (χ1) is 7.90. The van der Waals surface area contributed by atoms with Crippen molar-refractivity contribution in [3.05, 3.63) is 22.4 Å². The van der Waals surface area contributed by atoms with Crippen molar-refractivity contribution in [2.45, 2.75) is 44.7 Å². The van der Waals surface area contributed by atoms with Gasteiger partial charge in [-0.05, 0) is 30.2 Å². The Morgan fingerprint density at radius 1 is 1.38 bits per heavy atom. The molecule has 0 bridgehead atoms. The van der Waals surface area contributed by atoms with E-state index in [0.717, 1.165) is 6.54 Å². The highest BCUT2D eigenvalue weighted by molar-refractivity contribution is 7.09. The van der Waals surface area contributed by atoms with Gasteiger partial charge >= 0.3 is 0 Å². The molecule has 2 nitrogen and oxygen atoms in total. The average Bonchev–Trinajstić information content (AvgIpc) is 2.84. The van der Waals surface area contributed by atoms with Gasteiger partial charge in [0.25, 0.3) is 0 Å². The largest absolute Gasteiger partial charge is 0.395 e. The lowest BCUT2D eigenvalue weighted by atomic mass is 9.84. The van der Waals surface area contributed by atoms with Crippen molar-refractivity contribution in [3.63, 3.8) is 0 Å². The molecule has 1 unspecified atom stereocenters. The second-order valence-corrected chi connectivity index (χ2v) is 5.68. The van der Waals surface area contributed by atoms with Crippen molar-refractivity contribution >= 4 is 11.3 Å². The van der Waals surface area contributed by atoms with Crippen LogP contribution in [0.4, 0.5) is 0 Å². The van der Waals surface area contributed by atoms with Gasteiger partial charge in [-0.3, -0.25) is 0 Å². The molecule has 0 aromatic carbocycles. The predicted molar refractivity (Wildman–Crippen MR) is 68.6 cm³/mol. The Morgan fingerprint density at radius 3 is 2.81 bits per heavy atom. The van der Waals surface area contributed by atoms with E-state index in [1.807, 2.05) is 0 Å². The van der Waals surface area contributed by atoms with Gasteiger partial charge in [0.1, 0.15) is 0 Å². The normalized spacial score (nSPS) is 19.8. The Morgan fingerprint density at radius 2 is 2.19 bits per heavy atom. The van der Waals surface area contributed by atoms with Crippen molar-refractivity contribution in [2.24, 2.45) is 5.92 Å². The molecule has 16 heavy (non-hydrogen) atoms. The standard InChI is InChI=1S/C13H21NOS/c15-10-13(11-5-2-1-3-6-11)14-9-12-7-4-8-16-12/h4,7-8,11,13-15H,1-3,5-6,9-10H2. The summed E-state index contributed by atoms with van der Waals surface area (Å²) >= 11 is 1.78. The van der Waals surface area contributed by atoms with Crippen molar-refractivity contribution in [1.82, 2.24) is 5.32 Å². The summed E-state index contributed by atoms with van der Waals surface area (Å²) in [6.07, 6.45) is 6.61. The van der Waals surface area contributed by atoms with Crippen LogP contribution < -0.4 is 5.32 Å². The summed E-state index contributed by atoms with van der Waals surface area (Å²) in [7, 11) is 0. The summed E-state index contributed by atoms with van der Waals surface area (Å²) < 4.78 is 0. The molecular weight excluding hydrogens is 218 g/mol. The lowest BCUT2D eigenvalue weighted by Crippen LogP contribution is -2.39. The minimum atomic E-state index is 0.274. The van der Waals surface area contributed by atoms with Crippen LogP contribution in [-0.4, -0.2) is 17.8 Å². The van der Waals surface area contributed by atoms with Gasteiger partial charge in [0.2, 0.25) is 0 Å². The van der Waals surface area contributed by atoms with Crippen molar-refractivity contribution < 1.29 is 5.11 Å². The van der Waals surface area contributed by atoms with Crippen molar-refractivity contribution in [3.8, 4) is 0 Å². The highest BCUT2D eigenvalue weighted by atomic mass is 32.1. The quantitative estimate of drug-likeness (QED) is 0.828. The summed E-state index contributed by atoms with van der Waals surface area (Å²) in [6, 6.07) is 4.52. The van der Waals surface area contributed by atoms with E-state index in [1.165, 1.54) is 37.0 Å². The van der Waals surface area contributed by atoms with E-state index >= 15 is 0 Å². The van der Waals surface area contributed by atoms with Gasteiger partial charge in [-0.2, -0.15) is 0 Å². The number of aliphatic hydroxyl groups is 1. The van der Waals surface area contributed by atoms with Crippen molar-refractivity contribution in [2.75, 3.05) is 6.61 Å². The molecule has 2 rings (SSSR count). The number of thiophene rings is 1. The van der Waals surface area contributed by atoms with Gasteiger partial charge in [-0.1, -0.05) is 25.3 Å². The summed E-state index contributed by atoms with van der Waals surface area (Å²) in [4.78, 5) is 1.36. The Kier molecular flexibility index (Phi) is 4.82. The fraction of sp³-hybridized carbons (Fsp3) is 0.692. The van der Waals surface area contributed by atoms with Gasteiger partial charge < -0.3 is 10.4 Å². The van der Waals surface area contributed by atoms with Crippen LogP contribution >= 0.6 is 11.3 Å². The molecule has 0 spiro atoms. The second kappa shape index (κ2) is 6.38. The maximum atomic E-state index is 9.45. The first-order valence-electron chi connectivity index (χ1n) is 6.27. The van der Waals surface area contributed by atoms with E-state index in [1.54, 1.807) is 11.3 Å². The second-order valence-electron chi connectivity index (χ2n) is 4.65. The molecule has 1 aliphatic carbocycles. The molecule has 1 saturated carbocycles. The molecule has 3 heteroatoms. The Hall–Kier alpha value is -0.380. The average molecular weight is 239 g/mol. The topological polar surface area (TPSA) is 32.3 Å². The zero-order valence-electron chi connectivity index (χ0n) is 9.69. The number of aliphatic hydroxyl groups excluding tert-OH is 1. The zero-order chi connectivity index (χ0) is 11.2. The van der Waals surface area contributed by atoms with Crippen molar-refractivity contribution in [1.29, 1.82) is 0 Å². The molecule has 0 aliphatic heterocycles. The number of rotatable bonds is 5. The van der Waals surface area contributed by atoms with Crippen LogP contribution in [0.1, 0.15) is 37.0 Å². The third-order valence-corrected chi connectivity index (χ3v) is 4.41. The first-order valence-corrected chi connectivity index (χ1v) is 7.14. The molecular formula is C13H21NOS. The fourth-order valence-corrected chi connectivity index (χ4v) is 3.22. The van der Waals surface area contributed by atoms with Crippen LogP contribution in [0.2, 0.25) is 0 Å². The van der Waals surface area contributed by atoms with Gasteiger partial charge in [-0.25, -0.2) is 0 Å². The summed E-state index contributed by atoms with van der Waals surface area (Å²) in [6.45, 7) is 1.18. The van der Waals surface area contributed by atoms with E-state index in [-0.39, 0.29) is 6.61 Å². The molecule has 1 aromatic heterocycles. The zero-order valence-corrected chi connectivity index (χ0v) is 10.5. The minimum absolute atomic E-state index is 0.274. The maximum absolute atomic E-state index is 9.45. The monoisotopic (exact) mass is 239 g/mol. The maximum Gasteiger partial charge on any atom is 0.0587 e. The number of hydrogen-bond donors (Lipinski definition) is 2. The summed E-state index contributed by atoms with van der Waals surface area (Å²) in [5.74, 6) is 0.679. The van der Waals surface area contributed by atoms with E-state index in [2.05, 4.69) is 22.8 Å². The first kappa shape index (κ1) is 12.1. The van der Waals surface area contributed by atoms with E-state index in [9.17, 15) is 5.11 Å². The highest BCUT2D eigenvalue weighted by Crippen LogP contribution is 2.26. The van der Waals surface area contributed by atoms with Crippen LogP contribution in [0, 0.1) is 5.92 Å². The SMILES string of the molecule is OCC(NCc1cccs1)C1CCCCC1. The molecule has 2 N–H and O–H groups in total. The summed E-state index contributed by atoms with van der Waals surface area (Å²) in [5.41, 5.74) is 0. The third-order valence-electron chi connectivity index (χ3n) is 3.53. The fourth-order valence-electron chi connectivity index (χ4n) is 2.56. The third kappa shape index (κ3) is 3.30. The van der Waals surface area contributed by atoms with E-state index in [4.69, 9.17) is 0 Å². The molecule has 0 amide bonds. The lowest BCUT2D eigenvalue weighted by molar-refractivity contribution is 0.170. The van der Waals surface area contributed by atoms with Crippen LogP contribution in [-0.2, 0) is 6.54 Å². The van der Waals surface area contributed by atoms with Crippen LogP contribution in [0.5, 0.6) is 0 Å². The van der Waals surface area contributed by atoms with Gasteiger partial charge in [-0.15, -0.1) is 11.3 Å². The van der Waals surface area contributed by atoms with Gasteiger partial charge in [0.15, 0.2) is 0 Å². The lowest BCUT2D eigenvalue weighted by Gasteiger charge is -2.29. The van der Waals surface area contributed by atoms with Gasteiger partial charge in [0.05, 0.1) is 6.61 Å². The Balaban J connectivity index is 1.80. The Labute approximate surface area is 102 Å². The molecule has 1 aliphatic rings. The van der Waals surface area contributed by atoms with Crippen LogP contribution in [0.15, 0.2) is 17.5 Å². The smallest absolute Gasteiger partial charge is 0.0587 e. The molecule has 1 atom stereocenters. The minimum Gasteiger partial charge on any atom is -0.395 e. The van der Waals surface area contributed by atoms with Crippen LogP contribution in [0.3, 0.4) is 0 Å². The predicted octanol–water partition coefficient (Wildman–Crippen LogP) is 2.78. The number of nitrogens with one attached hydrogen (secondary N) is 1. The number of hydrogen-bond acceptors (Lipinski definition) is 3.